The van der Waals surface area contributed by atoms with E-state index in [-0.39, 0.29) is 0 Å². The molecule has 1 saturated heterocycles. The zero-order valence-corrected chi connectivity index (χ0v) is 11.9. The van der Waals surface area contributed by atoms with Gasteiger partial charge in [0.25, 0.3) is 0 Å². The van der Waals surface area contributed by atoms with Crippen LogP contribution in [0.1, 0.15) is 46.0 Å². The summed E-state index contributed by atoms with van der Waals surface area (Å²) in [5.74, 6) is 0. The van der Waals surface area contributed by atoms with E-state index >= 15 is 0 Å². The Bertz CT molecular complexity index is 179. The van der Waals surface area contributed by atoms with E-state index in [1.165, 1.54) is 51.7 Å². The molecule has 102 valence electrons. The fourth-order valence-corrected chi connectivity index (χ4v) is 2.61. The van der Waals surface area contributed by atoms with Crippen molar-refractivity contribution in [2.75, 3.05) is 33.3 Å². The van der Waals surface area contributed by atoms with Crippen molar-refractivity contribution < 1.29 is 4.74 Å². The van der Waals surface area contributed by atoms with E-state index < -0.39 is 0 Å². The molecule has 0 aromatic rings. The summed E-state index contributed by atoms with van der Waals surface area (Å²) >= 11 is 0. The first-order chi connectivity index (χ1) is 8.26. The predicted octanol–water partition coefficient (Wildman–Crippen LogP) is 2.27. The Labute approximate surface area is 107 Å². The summed E-state index contributed by atoms with van der Waals surface area (Å²) in [5.41, 5.74) is 0. The first-order valence-corrected chi connectivity index (χ1v) is 7.24. The van der Waals surface area contributed by atoms with Gasteiger partial charge < -0.3 is 15.0 Å². The quantitative estimate of drug-likeness (QED) is 0.661. The molecule has 0 aromatic carbocycles. The lowest BCUT2D eigenvalue weighted by atomic mass is 10.1. The van der Waals surface area contributed by atoms with Gasteiger partial charge in [-0.2, -0.15) is 0 Å². The Morgan fingerprint density at radius 1 is 1.29 bits per heavy atom. The molecular formula is C14H30N2O. The maximum atomic E-state index is 5.39. The van der Waals surface area contributed by atoms with Crippen LogP contribution in [-0.2, 0) is 4.74 Å². The largest absolute Gasteiger partial charge is 0.381 e. The average Bonchev–Trinajstić information content (AvgIpc) is 2.36. The molecule has 1 N–H and O–H groups in total. The van der Waals surface area contributed by atoms with Gasteiger partial charge in [-0.1, -0.05) is 13.3 Å². The van der Waals surface area contributed by atoms with Crippen molar-refractivity contribution in [2.24, 2.45) is 0 Å². The third-order valence-corrected chi connectivity index (χ3v) is 3.78. The smallest absolute Gasteiger partial charge is 0.0595 e. The van der Waals surface area contributed by atoms with E-state index in [4.69, 9.17) is 4.74 Å². The number of piperidine rings is 1. The lowest BCUT2D eigenvalue weighted by Gasteiger charge is -2.31. The zero-order valence-electron chi connectivity index (χ0n) is 11.9. The minimum atomic E-state index is 0.514. The van der Waals surface area contributed by atoms with Crippen LogP contribution < -0.4 is 5.32 Å². The van der Waals surface area contributed by atoms with Gasteiger partial charge >= 0.3 is 0 Å². The number of ether oxygens (including phenoxy) is 1. The van der Waals surface area contributed by atoms with Crippen LogP contribution in [0.3, 0.4) is 0 Å². The number of hydrogen-bond acceptors (Lipinski definition) is 3. The molecule has 1 aliphatic heterocycles. The van der Waals surface area contributed by atoms with Crippen LogP contribution in [0.2, 0.25) is 0 Å². The molecule has 0 aromatic heterocycles. The molecule has 0 saturated carbocycles. The van der Waals surface area contributed by atoms with E-state index in [9.17, 15) is 0 Å². The van der Waals surface area contributed by atoms with Gasteiger partial charge in [0, 0.05) is 26.2 Å². The van der Waals surface area contributed by atoms with Crippen molar-refractivity contribution >= 4 is 0 Å². The fraction of sp³-hybridized carbons (Fsp3) is 1.00. The molecule has 1 heterocycles. The average molecular weight is 242 g/mol. The number of nitrogens with one attached hydrogen (secondary N) is 1. The molecule has 0 amide bonds. The standard InChI is InChI=1S/C14H30N2O/c1-4-15-13(2)7-5-6-10-16-11-8-14(17-3)9-12-16/h13-15H,4-12H2,1-3H3. The van der Waals surface area contributed by atoms with Crippen LogP contribution >= 0.6 is 0 Å². The van der Waals surface area contributed by atoms with Crippen LogP contribution in [0.4, 0.5) is 0 Å². The molecule has 17 heavy (non-hydrogen) atoms. The van der Waals surface area contributed by atoms with Crippen LogP contribution in [0.25, 0.3) is 0 Å². The summed E-state index contributed by atoms with van der Waals surface area (Å²) < 4.78 is 5.39. The van der Waals surface area contributed by atoms with Crippen molar-refractivity contribution in [3.05, 3.63) is 0 Å². The number of likely N-dealkylation sites (tertiary alicyclic amines) is 1. The summed E-state index contributed by atoms with van der Waals surface area (Å²) in [6, 6.07) is 0.680. The molecule has 0 radical (unpaired) electrons. The number of hydrogen-bond donors (Lipinski definition) is 1. The van der Waals surface area contributed by atoms with E-state index in [1.54, 1.807) is 0 Å². The van der Waals surface area contributed by atoms with Gasteiger partial charge in [0.15, 0.2) is 0 Å². The molecule has 1 atom stereocenters. The van der Waals surface area contributed by atoms with E-state index in [2.05, 4.69) is 24.1 Å². The maximum absolute atomic E-state index is 5.39. The minimum absolute atomic E-state index is 0.514. The maximum Gasteiger partial charge on any atom is 0.0595 e. The highest BCUT2D eigenvalue weighted by atomic mass is 16.5. The third-order valence-electron chi connectivity index (χ3n) is 3.78. The van der Waals surface area contributed by atoms with Gasteiger partial charge in [-0.05, 0) is 45.7 Å². The van der Waals surface area contributed by atoms with Gasteiger partial charge in [0.2, 0.25) is 0 Å². The summed E-state index contributed by atoms with van der Waals surface area (Å²) in [6.45, 7) is 9.27. The highest BCUT2D eigenvalue weighted by molar-refractivity contribution is 4.72. The first kappa shape index (κ1) is 14.9. The van der Waals surface area contributed by atoms with Crippen LogP contribution in [0.15, 0.2) is 0 Å². The van der Waals surface area contributed by atoms with Crippen molar-refractivity contribution in [3.8, 4) is 0 Å². The first-order valence-electron chi connectivity index (χ1n) is 7.24. The molecule has 1 fully saturated rings. The zero-order chi connectivity index (χ0) is 12.5. The number of unbranched alkanes of at least 4 members (excludes halogenated alkanes) is 1. The topological polar surface area (TPSA) is 24.5 Å². The molecule has 3 heteroatoms. The number of rotatable bonds is 8. The van der Waals surface area contributed by atoms with Gasteiger partial charge in [-0.15, -0.1) is 0 Å². The predicted molar refractivity (Wildman–Crippen MR) is 73.5 cm³/mol. The van der Waals surface area contributed by atoms with E-state index in [0.717, 1.165) is 6.54 Å². The van der Waals surface area contributed by atoms with Gasteiger partial charge in [-0.25, -0.2) is 0 Å². The second-order valence-electron chi connectivity index (χ2n) is 5.23. The van der Waals surface area contributed by atoms with Crippen molar-refractivity contribution in [2.45, 2.75) is 58.1 Å². The summed E-state index contributed by atoms with van der Waals surface area (Å²) in [4.78, 5) is 2.59. The number of nitrogens with zero attached hydrogens (tertiary/aromatic N) is 1. The Morgan fingerprint density at radius 2 is 2.00 bits per heavy atom. The molecule has 0 aliphatic carbocycles. The lowest BCUT2D eigenvalue weighted by Crippen LogP contribution is -2.37. The van der Waals surface area contributed by atoms with Crippen molar-refractivity contribution in [1.29, 1.82) is 0 Å². The highest BCUT2D eigenvalue weighted by Gasteiger charge is 2.17. The SMILES string of the molecule is CCNC(C)CCCCN1CCC(OC)CC1. The van der Waals surface area contributed by atoms with Crippen molar-refractivity contribution in [3.63, 3.8) is 0 Å². The molecule has 1 unspecified atom stereocenters. The molecular weight excluding hydrogens is 212 g/mol. The van der Waals surface area contributed by atoms with Crippen molar-refractivity contribution in [1.82, 2.24) is 10.2 Å². The fourth-order valence-electron chi connectivity index (χ4n) is 2.61. The van der Waals surface area contributed by atoms with E-state index in [1.807, 2.05) is 7.11 Å². The van der Waals surface area contributed by atoms with Gasteiger partial charge in [0.05, 0.1) is 6.10 Å². The molecule has 0 bridgehead atoms. The second kappa shape index (κ2) is 8.90. The minimum Gasteiger partial charge on any atom is -0.381 e. The van der Waals surface area contributed by atoms with Gasteiger partial charge in [0.1, 0.15) is 0 Å². The summed E-state index contributed by atoms with van der Waals surface area (Å²) in [6.07, 6.45) is 6.93. The Balaban J connectivity index is 1.96. The Morgan fingerprint density at radius 3 is 2.59 bits per heavy atom. The van der Waals surface area contributed by atoms with Gasteiger partial charge in [-0.3, -0.25) is 0 Å². The summed E-state index contributed by atoms with van der Waals surface area (Å²) in [7, 11) is 1.84. The third kappa shape index (κ3) is 6.39. The normalized spacial score (nSPS) is 20.6. The Hall–Kier alpha value is -0.120. The van der Waals surface area contributed by atoms with Crippen LogP contribution in [0.5, 0.6) is 0 Å². The second-order valence-corrected chi connectivity index (χ2v) is 5.23. The lowest BCUT2D eigenvalue weighted by molar-refractivity contribution is 0.0406. The molecule has 1 aliphatic rings. The molecule has 1 rings (SSSR count). The monoisotopic (exact) mass is 242 g/mol. The highest BCUT2D eigenvalue weighted by Crippen LogP contribution is 2.13. The van der Waals surface area contributed by atoms with Crippen LogP contribution in [0, 0.1) is 0 Å². The summed E-state index contributed by atoms with van der Waals surface area (Å²) in [5, 5.41) is 3.47. The van der Waals surface area contributed by atoms with Crippen LogP contribution in [-0.4, -0.2) is 50.3 Å². The van der Waals surface area contributed by atoms with E-state index in [0.29, 0.717) is 12.1 Å². The molecule has 0 spiro atoms. The number of methoxy groups -OCH3 is 1. The molecule has 3 nitrogen and oxygen atoms in total. The Kier molecular flexibility index (Phi) is 7.82.